The topological polar surface area (TPSA) is 44.4 Å². The standard InChI is InChI=1S/C13H18ClN3O.C2H6/c1-17-8-2-3-12(9-17)16-13(18)15-11-6-4-10(14)5-7-11;1-2/h4-7,12H,2-3,8-9H2,1H3,(H2,15,16,18);1-2H3/t12-;/m1./s1. The second-order valence-electron chi connectivity index (χ2n) is 4.71. The van der Waals surface area contributed by atoms with Crippen LogP contribution in [0.2, 0.25) is 5.02 Å². The van der Waals surface area contributed by atoms with Crippen LogP contribution in [0.15, 0.2) is 24.3 Å². The van der Waals surface area contributed by atoms with Crippen LogP contribution in [0.5, 0.6) is 0 Å². The molecule has 0 bridgehead atoms. The second kappa shape index (κ2) is 8.82. The summed E-state index contributed by atoms with van der Waals surface area (Å²) in [7, 11) is 2.07. The zero-order valence-corrected chi connectivity index (χ0v) is 13.2. The number of benzene rings is 1. The number of carbonyl (C=O) groups excluding carboxylic acids is 1. The first kappa shape index (κ1) is 16.8. The van der Waals surface area contributed by atoms with Crippen LogP contribution in [0, 0.1) is 0 Å². The SMILES string of the molecule is CC.CN1CCC[C@@H](NC(=O)Nc2ccc(Cl)cc2)C1. The zero-order valence-electron chi connectivity index (χ0n) is 12.4. The predicted molar refractivity (Wildman–Crippen MR) is 85.5 cm³/mol. The largest absolute Gasteiger partial charge is 0.334 e. The minimum atomic E-state index is -0.155. The molecule has 0 unspecified atom stereocenters. The van der Waals surface area contributed by atoms with Crippen molar-refractivity contribution in [3.63, 3.8) is 0 Å². The lowest BCUT2D eigenvalue weighted by Gasteiger charge is -2.30. The Morgan fingerprint density at radius 1 is 1.30 bits per heavy atom. The first-order chi connectivity index (χ1) is 9.63. The van der Waals surface area contributed by atoms with Gasteiger partial charge >= 0.3 is 6.03 Å². The van der Waals surface area contributed by atoms with Crippen molar-refractivity contribution in [2.24, 2.45) is 0 Å². The van der Waals surface area contributed by atoms with Gasteiger partial charge in [0, 0.05) is 23.3 Å². The first-order valence-electron chi connectivity index (χ1n) is 7.15. The summed E-state index contributed by atoms with van der Waals surface area (Å²) in [5.41, 5.74) is 0.751. The van der Waals surface area contributed by atoms with E-state index in [1.165, 1.54) is 0 Å². The molecular weight excluding hydrogens is 274 g/mol. The minimum absolute atomic E-state index is 0.155. The van der Waals surface area contributed by atoms with Gasteiger partial charge in [0.05, 0.1) is 0 Å². The van der Waals surface area contributed by atoms with Crippen LogP contribution in [0.25, 0.3) is 0 Å². The molecule has 112 valence electrons. The van der Waals surface area contributed by atoms with Crippen LogP contribution in [0.1, 0.15) is 26.7 Å². The third-order valence-electron chi connectivity index (χ3n) is 3.06. The number of nitrogens with zero attached hydrogens (tertiary/aromatic N) is 1. The Labute approximate surface area is 126 Å². The van der Waals surface area contributed by atoms with Crippen molar-refractivity contribution in [1.29, 1.82) is 0 Å². The van der Waals surface area contributed by atoms with Crippen molar-refractivity contribution in [3.05, 3.63) is 29.3 Å². The van der Waals surface area contributed by atoms with Crippen LogP contribution in [-0.2, 0) is 0 Å². The van der Waals surface area contributed by atoms with Gasteiger partial charge in [0.1, 0.15) is 0 Å². The van der Waals surface area contributed by atoms with Crippen molar-refractivity contribution in [1.82, 2.24) is 10.2 Å². The van der Waals surface area contributed by atoms with Crippen molar-refractivity contribution >= 4 is 23.3 Å². The minimum Gasteiger partial charge on any atom is -0.334 e. The third kappa shape index (κ3) is 5.80. The number of urea groups is 1. The van der Waals surface area contributed by atoms with Crippen molar-refractivity contribution in [3.8, 4) is 0 Å². The summed E-state index contributed by atoms with van der Waals surface area (Å²) in [5, 5.41) is 6.45. The quantitative estimate of drug-likeness (QED) is 0.876. The Hall–Kier alpha value is -1.26. The Kier molecular flexibility index (Phi) is 7.41. The molecule has 2 N–H and O–H groups in total. The lowest BCUT2D eigenvalue weighted by atomic mass is 10.1. The predicted octanol–water partition coefficient (Wildman–Crippen LogP) is 3.58. The average Bonchev–Trinajstić information content (AvgIpc) is 2.43. The van der Waals surface area contributed by atoms with Gasteiger partial charge in [-0.05, 0) is 50.7 Å². The van der Waals surface area contributed by atoms with Gasteiger partial charge in [-0.25, -0.2) is 4.79 Å². The van der Waals surface area contributed by atoms with Gasteiger partial charge in [0.15, 0.2) is 0 Å². The van der Waals surface area contributed by atoms with Crippen LogP contribution >= 0.6 is 11.6 Å². The molecule has 2 rings (SSSR count). The number of anilines is 1. The Morgan fingerprint density at radius 2 is 1.95 bits per heavy atom. The molecule has 0 spiro atoms. The van der Waals surface area contributed by atoms with Crippen LogP contribution in [0.4, 0.5) is 10.5 Å². The highest BCUT2D eigenvalue weighted by Crippen LogP contribution is 2.13. The fourth-order valence-corrected chi connectivity index (χ4v) is 2.30. The number of hydrogen-bond acceptors (Lipinski definition) is 2. The molecular formula is C15H24ClN3O. The number of nitrogens with one attached hydrogen (secondary N) is 2. The molecule has 0 aromatic heterocycles. The van der Waals surface area contributed by atoms with E-state index in [-0.39, 0.29) is 12.1 Å². The highest BCUT2D eigenvalue weighted by molar-refractivity contribution is 6.30. The fraction of sp³-hybridized carbons (Fsp3) is 0.533. The fourth-order valence-electron chi connectivity index (χ4n) is 2.17. The van der Waals surface area contributed by atoms with Gasteiger partial charge in [-0.2, -0.15) is 0 Å². The van der Waals surface area contributed by atoms with Gasteiger partial charge < -0.3 is 15.5 Å². The number of rotatable bonds is 2. The molecule has 0 radical (unpaired) electrons. The summed E-state index contributed by atoms with van der Waals surface area (Å²) in [6.45, 7) is 6.02. The maximum Gasteiger partial charge on any atom is 0.319 e. The summed E-state index contributed by atoms with van der Waals surface area (Å²) in [6, 6.07) is 7.16. The van der Waals surface area contributed by atoms with Crippen molar-refractivity contribution in [2.45, 2.75) is 32.7 Å². The van der Waals surface area contributed by atoms with Gasteiger partial charge in [-0.1, -0.05) is 25.4 Å². The summed E-state index contributed by atoms with van der Waals surface area (Å²) in [4.78, 5) is 14.0. The highest BCUT2D eigenvalue weighted by atomic mass is 35.5. The summed E-state index contributed by atoms with van der Waals surface area (Å²) in [5.74, 6) is 0. The molecule has 1 fully saturated rings. The summed E-state index contributed by atoms with van der Waals surface area (Å²) in [6.07, 6.45) is 2.17. The van der Waals surface area contributed by atoms with Gasteiger partial charge in [-0.3, -0.25) is 0 Å². The van der Waals surface area contributed by atoms with E-state index in [2.05, 4.69) is 22.6 Å². The molecule has 1 saturated heterocycles. The average molecular weight is 298 g/mol. The molecule has 0 saturated carbocycles. The van der Waals surface area contributed by atoms with E-state index < -0.39 is 0 Å². The molecule has 1 heterocycles. The number of amides is 2. The monoisotopic (exact) mass is 297 g/mol. The van der Waals surface area contributed by atoms with E-state index >= 15 is 0 Å². The number of likely N-dealkylation sites (N-methyl/N-ethyl adjacent to an activating group) is 1. The second-order valence-corrected chi connectivity index (χ2v) is 5.14. The zero-order chi connectivity index (χ0) is 15.0. The van der Waals surface area contributed by atoms with E-state index in [1.54, 1.807) is 24.3 Å². The molecule has 5 heteroatoms. The van der Waals surface area contributed by atoms with Crippen LogP contribution < -0.4 is 10.6 Å². The third-order valence-corrected chi connectivity index (χ3v) is 3.31. The highest BCUT2D eigenvalue weighted by Gasteiger charge is 2.18. The normalized spacial score (nSPS) is 18.7. The smallest absolute Gasteiger partial charge is 0.319 e. The van der Waals surface area contributed by atoms with Crippen LogP contribution in [0.3, 0.4) is 0 Å². The molecule has 1 aromatic carbocycles. The summed E-state index contributed by atoms with van der Waals surface area (Å²) < 4.78 is 0. The van der Waals surface area contributed by atoms with Gasteiger partial charge in [0.25, 0.3) is 0 Å². The number of hydrogen-bond donors (Lipinski definition) is 2. The van der Waals surface area contributed by atoms with E-state index in [1.807, 2.05) is 13.8 Å². The maximum absolute atomic E-state index is 11.8. The Balaban J connectivity index is 0.000000956. The molecule has 1 aliphatic heterocycles. The maximum atomic E-state index is 11.8. The van der Waals surface area contributed by atoms with Crippen molar-refractivity contribution < 1.29 is 4.79 Å². The van der Waals surface area contributed by atoms with Gasteiger partial charge in [0.2, 0.25) is 0 Å². The molecule has 1 aliphatic rings. The van der Waals surface area contributed by atoms with E-state index in [9.17, 15) is 4.79 Å². The van der Waals surface area contributed by atoms with Crippen molar-refractivity contribution in [2.75, 3.05) is 25.5 Å². The number of halogens is 1. The molecule has 0 aliphatic carbocycles. The van der Waals surface area contributed by atoms with E-state index in [0.717, 1.165) is 31.6 Å². The number of likely N-dealkylation sites (tertiary alicyclic amines) is 1. The first-order valence-corrected chi connectivity index (χ1v) is 7.53. The lowest BCUT2D eigenvalue weighted by molar-refractivity contribution is 0.216. The lowest BCUT2D eigenvalue weighted by Crippen LogP contribution is -2.47. The van der Waals surface area contributed by atoms with E-state index in [0.29, 0.717) is 5.02 Å². The molecule has 4 nitrogen and oxygen atoms in total. The van der Waals surface area contributed by atoms with E-state index in [4.69, 9.17) is 11.6 Å². The molecule has 1 atom stereocenters. The molecule has 20 heavy (non-hydrogen) atoms. The Morgan fingerprint density at radius 3 is 2.55 bits per heavy atom. The molecule has 2 amide bonds. The number of carbonyl (C=O) groups is 1. The Bertz CT molecular complexity index is 408. The van der Waals surface area contributed by atoms with Gasteiger partial charge in [-0.15, -0.1) is 0 Å². The van der Waals surface area contributed by atoms with Crippen LogP contribution in [-0.4, -0.2) is 37.1 Å². The molecule has 1 aromatic rings. The summed E-state index contributed by atoms with van der Waals surface area (Å²) >= 11 is 5.79. The number of piperidine rings is 1.